The van der Waals surface area contributed by atoms with E-state index < -0.39 is 0 Å². The molecule has 0 saturated carbocycles. The largest absolute Gasteiger partial charge is 0.293 e. The molecule has 134 valence electrons. The number of piperidine rings is 1. The van der Waals surface area contributed by atoms with Crippen LogP contribution in [-0.2, 0) is 0 Å². The van der Waals surface area contributed by atoms with Gasteiger partial charge in [0.15, 0.2) is 5.78 Å². The summed E-state index contributed by atoms with van der Waals surface area (Å²) >= 11 is 5.05. The van der Waals surface area contributed by atoms with E-state index in [1.165, 1.54) is 22.3 Å². The molecule has 26 heavy (non-hydrogen) atoms. The number of rotatable bonds is 5. The average molecular weight is 400 g/mol. The van der Waals surface area contributed by atoms with Gasteiger partial charge in [-0.2, -0.15) is 22.7 Å². The fraction of sp³-hybridized carbons (Fsp3) is 0.286. The van der Waals surface area contributed by atoms with Gasteiger partial charge in [-0.05, 0) is 81.6 Å². The molecule has 4 heterocycles. The first-order valence-corrected chi connectivity index (χ1v) is 11.6. The first-order valence-electron chi connectivity index (χ1n) is 8.83. The second-order valence-electron chi connectivity index (χ2n) is 6.56. The lowest BCUT2D eigenvalue weighted by Gasteiger charge is -2.33. The lowest BCUT2D eigenvalue weighted by molar-refractivity contribution is 0.0831. The van der Waals surface area contributed by atoms with E-state index in [2.05, 4.69) is 45.5 Å². The summed E-state index contributed by atoms with van der Waals surface area (Å²) in [4.78, 5) is 15.9. The van der Waals surface area contributed by atoms with Gasteiger partial charge in [0, 0.05) is 13.1 Å². The van der Waals surface area contributed by atoms with Crippen LogP contribution in [0.3, 0.4) is 0 Å². The second kappa shape index (κ2) is 8.01. The molecule has 3 aromatic rings. The fourth-order valence-electron chi connectivity index (χ4n) is 3.61. The van der Waals surface area contributed by atoms with Crippen LogP contribution in [0.5, 0.6) is 0 Å². The molecular weight excluding hydrogens is 378 g/mol. The lowest BCUT2D eigenvalue weighted by Crippen LogP contribution is -2.42. The van der Waals surface area contributed by atoms with Crippen LogP contribution in [0.4, 0.5) is 0 Å². The highest BCUT2D eigenvalue weighted by molar-refractivity contribution is 7.12. The van der Waals surface area contributed by atoms with Gasteiger partial charge < -0.3 is 0 Å². The molecule has 3 aromatic heterocycles. The number of likely N-dealkylation sites (tertiary alicyclic amines) is 1. The molecule has 0 aliphatic carbocycles. The van der Waals surface area contributed by atoms with Crippen LogP contribution in [0, 0.1) is 0 Å². The van der Waals surface area contributed by atoms with Crippen LogP contribution in [-0.4, -0.2) is 29.8 Å². The van der Waals surface area contributed by atoms with Crippen molar-refractivity contribution < 1.29 is 4.79 Å². The van der Waals surface area contributed by atoms with E-state index >= 15 is 0 Å². The molecule has 0 N–H and O–H groups in total. The Morgan fingerprint density at radius 2 is 1.65 bits per heavy atom. The molecule has 1 saturated heterocycles. The molecule has 1 aliphatic rings. The van der Waals surface area contributed by atoms with Gasteiger partial charge in [-0.15, -0.1) is 11.3 Å². The highest BCUT2D eigenvalue weighted by atomic mass is 32.1. The summed E-state index contributed by atoms with van der Waals surface area (Å²) in [5, 5.41) is 10.8. The monoisotopic (exact) mass is 399 g/mol. The number of nitrogens with zero attached hydrogens (tertiary/aromatic N) is 1. The van der Waals surface area contributed by atoms with Gasteiger partial charge in [-0.25, -0.2) is 0 Å². The predicted octanol–water partition coefficient (Wildman–Crippen LogP) is 6.04. The summed E-state index contributed by atoms with van der Waals surface area (Å²) in [7, 11) is 0. The van der Waals surface area contributed by atoms with Crippen molar-refractivity contribution in [3.63, 3.8) is 0 Å². The van der Waals surface area contributed by atoms with Gasteiger partial charge >= 0.3 is 0 Å². The zero-order valence-electron chi connectivity index (χ0n) is 14.7. The predicted molar refractivity (Wildman–Crippen MR) is 114 cm³/mol. The summed E-state index contributed by atoms with van der Waals surface area (Å²) in [5.74, 6) is 0.253. The minimum Gasteiger partial charge on any atom is -0.293 e. The highest BCUT2D eigenvalue weighted by Crippen LogP contribution is 2.34. The van der Waals surface area contributed by atoms with Crippen molar-refractivity contribution in [2.24, 2.45) is 0 Å². The number of carbonyl (C=O) groups is 1. The molecule has 4 rings (SSSR count). The van der Waals surface area contributed by atoms with Gasteiger partial charge in [-0.1, -0.05) is 11.6 Å². The molecule has 0 amide bonds. The third-order valence-electron chi connectivity index (χ3n) is 5.07. The molecule has 5 heteroatoms. The van der Waals surface area contributed by atoms with E-state index in [4.69, 9.17) is 0 Å². The van der Waals surface area contributed by atoms with Gasteiger partial charge in [0.25, 0.3) is 0 Å². The SMILES string of the molecule is CC(C(=O)c1cccs1)N1CCC(=C(c2ccsc2)c2ccsc2)CC1. The number of carbonyl (C=O) groups excluding carboxylic acids is 1. The third kappa shape index (κ3) is 3.62. The molecule has 1 aliphatic heterocycles. The van der Waals surface area contributed by atoms with Crippen molar-refractivity contribution in [2.45, 2.75) is 25.8 Å². The van der Waals surface area contributed by atoms with Gasteiger partial charge in [0.1, 0.15) is 0 Å². The number of Topliss-reactive ketones (excluding diaryl/α,β-unsaturated/α-hetero) is 1. The molecule has 0 bridgehead atoms. The Morgan fingerprint density at radius 3 is 2.15 bits per heavy atom. The molecule has 0 spiro atoms. The topological polar surface area (TPSA) is 20.3 Å². The minimum atomic E-state index is -0.0408. The Morgan fingerprint density at radius 1 is 1.00 bits per heavy atom. The lowest BCUT2D eigenvalue weighted by atomic mass is 9.90. The normalized spacial score (nSPS) is 16.6. The van der Waals surface area contributed by atoms with E-state index in [0.717, 1.165) is 30.8 Å². The van der Waals surface area contributed by atoms with E-state index in [9.17, 15) is 4.79 Å². The quantitative estimate of drug-likeness (QED) is 0.488. The average Bonchev–Trinajstić information content (AvgIpc) is 3.44. The first kappa shape index (κ1) is 17.9. The third-order valence-corrected chi connectivity index (χ3v) is 7.32. The molecule has 0 aromatic carbocycles. The number of hydrogen-bond donors (Lipinski definition) is 0. The minimum absolute atomic E-state index is 0.0408. The van der Waals surface area contributed by atoms with Crippen LogP contribution in [0.25, 0.3) is 5.57 Å². The smallest absolute Gasteiger partial charge is 0.189 e. The number of hydrogen-bond acceptors (Lipinski definition) is 5. The maximum absolute atomic E-state index is 12.7. The standard InChI is InChI=1S/C21H21NOS3/c1-15(21(23)19-3-2-10-26-19)22-8-4-16(5-9-22)20(17-6-11-24-13-17)18-7-12-25-14-18/h2-3,6-7,10-15H,4-5,8-9H2,1H3. The first-order chi connectivity index (χ1) is 12.7. The maximum Gasteiger partial charge on any atom is 0.189 e. The summed E-state index contributed by atoms with van der Waals surface area (Å²) in [6.45, 7) is 3.95. The molecule has 1 fully saturated rings. The van der Waals surface area contributed by atoms with Crippen molar-refractivity contribution in [3.8, 4) is 0 Å². The van der Waals surface area contributed by atoms with Crippen LogP contribution < -0.4 is 0 Å². The Kier molecular flexibility index (Phi) is 5.50. The van der Waals surface area contributed by atoms with Crippen molar-refractivity contribution in [1.29, 1.82) is 0 Å². The van der Waals surface area contributed by atoms with Crippen LogP contribution in [0.1, 0.15) is 40.6 Å². The Bertz CT molecular complexity index is 830. The zero-order valence-corrected chi connectivity index (χ0v) is 17.1. The number of thiophene rings is 3. The van der Waals surface area contributed by atoms with Gasteiger partial charge in [0.2, 0.25) is 0 Å². The molecular formula is C21H21NOS3. The van der Waals surface area contributed by atoms with Gasteiger partial charge in [-0.3, -0.25) is 9.69 Å². The number of ketones is 1. The summed E-state index contributed by atoms with van der Waals surface area (Å²) < 4.78 is 0. The van der Waals surface area contributed by atoms with Crippen molar-refractivity contribution in [1.82, 2.24) is 4.90 Å². The Hall–Kier alpha value is -1.53. The summed E-state index contributed by atoms with van der Waals surface area (Å²) in [6.07, 6.45) is 2.06. The van der Waals surface area contributed by atoms with E-state index in [1.54, 1.807) is 34.0 Å². The maximum atomic E-state index is 12.7. The van der Waals surface area contributed by atoms with E-state index in [1.807, 2.05) is 17.5 Å². The van der Waals surface area contributed by atoms with E-state index in [-0.39, 0.29) is 11.8 Å². The molecule has 1 atom stereocenters. The summed E-state index contributed by atoms with van der Waals surface area (Å²) in [6, 6.07) is 8.29. The Labute approximate surface area is 166 Å². The van der Waals surface area contributed by atoms with Crippen molar-refractivity contribution >= 4 is 45.4 Å². The fourth-order valence-corrected chi connectivity index (χ4v) is 5.65. The van der Waals surface area contributed by atoms with Gasteiger partial charge in [0.05, 0.1) is 10.9 Å². The second-order valence-corrected chi connectivity index (χ2v) is 9.06. The highest BCUT2D eigenvalue weighted by Gasteiger charge is 2.27. The zero-order chi connectivity index (χ0) is 17.9. The molecule has 1 unspecified atom stereocenters. The van der Waals surface area contributed by atoms with Crippen molar-refractivity contribution in [3.05, 3.63) is 72.7 Å². The van der Waals surface area contributed by atoms with Crippen molar-refractivity contribution in [2.75, 3.05) is 13.1 Å². The van der Waals surface area contributed by atoms with E-state index in [0.29, 0.717) is 0 Å². The molecule has 2 nitrogen and oxygen atoms in total. The molecule has 0 radical (unpaired) electrons. The Balaban J connectivity index is 1.53. The van der Waals surface area contributed by atoms with Crippen LogP contribution in [0.2, 0.25) is 0 Å². The van der Waals surface area contributed by atoms with Crippen LogP contribution >= 0.6 is 34.0 Å². The summed E-state index contributed by atoms with van der Waals surface area (Å²) in [5.41, 5.74) is 5.59. The van der Waals surface area contributed by atoms with Crippen LogP contribution in [0.15, 0.2) is 56.7 Å².